The van der Waals surface area contributed by atoms with Gasteiger partial charge in [0.1, 0.15) is 0 Å². The molecule has 1 atom stereocenters. The molecule has 1 N–H and O–H groups in total. The van der Waals surface area contributed by atoms with Gasteiger partial charge in [0.05, 0.1) is 4.90 Å². The van der Waals surface area contributed by atoms with Crippen LogP contribution >= 0.6 is 27.7 Å². The first-order valence-electron chi connectivity index (χ1n) is 5.85. The molecule has 0 aromatic heterocycles. The lowest BCUT2D eigenvalue weighted by Gasteiger charge is -2.22. The highest BCUT2D eigenvalue weighted by atomic mass is 79.9. The average molecular weight is 350 g/mol. The van der Waals surface area contributed by atoms with E-state index < -0.39 is 10.0 Å². The van der Waals surface area contributed by atoms with Crippen molar-refractivity contribution in [2.75, 3.05) is 11.5 Å². The second kappa shape index (κ2) is 5.94. The standard InChI is InChI=1S/C12H16BrNO2S2/c1-9-4-5-12(11(13)7-9)18(15,16)14-10-3-2-6-17-8-10/h4-5,7,10,14H,2-3,6,8H2,1H3. The maximum atomic E-state index is 12.3. The zero-order valence-corrected chi connectivity index (χ0v) is 13.4. The summed E-state index contributed by atoms with van der Waals surface area (Å²) in [6.45, 7) is 1.94. The smallest absolute Gasteiger partial charge is 0.207 e. The lowest BCUT2D eigenvalue weighted by molar-refractivity contribution is 0.543. The van der Waals surface area contributed by atoms with Gasteiger partial charge < -0.3 is 0 Å². The molecular weight excluding hydrogens is 334 g/mol. The SMILES string of the molecule is Cc1ccc(S(=O)(=O)NC2CCCSC2)c(Br)c1. The van der Waals surface area contributed by atoms with Crippen molar-refractivity contribution in [3.63, 3.8) is 0 Å². The summed E-state index contributed by atoms with van der Waals surface area (Å²) in [4.78, 5) is 0.323. The Labute approximate surface area is 121 Å². The van der Waals surface area contributed by atoms with Crippen molar-refractivity contribution in [2.45, 2.75) is 30.7 Å². The molecule has 1 saturated heterocycles. The van der Waals surface area contributed by atoms with Crippen LogP contribution in [0.25, 0.3) is 0 Å². The van der Waals surface area contributed by atoms with Crippen molar-refractivity contribution in [1.82, 2.24) is 4.72 Å². The van der Waals surface area contributed by atoms with Crippen LogP contribution in [-0.4, -0.2) is 26.0 Å². The average Bonchev–Trinajstić information content (AvgIpc) is 2.29. The van der Waals surface area contributed by atoms with Gasteiger partial charge in [-0.15, -0.1) is 0 Å². The second-order valence-electron chi connectivity index (χ2n) is 4.47. The number of hydrogen-bond acceptors (Lipinski definition) is 3. The van der Waals surface area contributed by atoms with Crippen LogP contribution in [0.15, 0.2) is 27.6 Å². The van der Waals surface area contributed by atoms with Gasteiger partial charge in [-0.05, 0) is 59.1 Å². The number of benzene rings is 1. The quantitative estimate of drug-likeness (QED) is 0.912. The van der Waals surface area contributed by atoms with Gasteiger partial charge >= 0.3 is 0 Å². The third-order valence-electron chi connectivity index (χ3n) is 2.86. The molecule has 1 aliphatic heterocycles. The predicted molar refractivity (Wildman–Crippen MR) is 79.5 cm³/mol. The van der Waals surface area contributed by atoms with E-state index in [1.54, 1.807) is 17.8 Å². The number of halogens is 1. The van der Waals surface area contributed by atoms with Crippen LogP contribution in [0.4, 0.5) is 0 Å². The summed E-state index contributed by atoms with van der Waals surface area (Å²) in [7, 11) is -3.42. The molecule has 0 saturated carbocycles. The zero-order chi connectivity index (χ0) is 13.2. The van der Waals surface area contributed by atoms with E-state index in [9.17, 15) is 8.42 Å². The lowest BCUT2D eigenvalue weighted by Crippen LogP contribution is -2.38. The predicted octanol–water partition coefficient (Wildman–Crippen LogP) is 2.93. The molecule has 0 radical (unpaired) electrons. The molecule has 0 amide bonds. The molecule has 2 rings (SSSR count). The summed E-state index contributed by atoms with van der Waals surface area (Å²) in [6, 6.07) is 5.35. The number of nitrogens with one attached hydrogen (secondary N) is 1. The van der Waals surface area contributed by atoms with Gasteiger partial charge in [-0.3, -0.25) is 0 Å². The highest BCUT2D eigenvalue weighted by Gasteiger charge is 2.23. The van der Waals surface area contributed by atoms with E-state index in [0.717, 1.165) is 29.9 Å². The minimum absolute atomic E-state index is 0.0574. The number of hydrogen-bond donors (Lipinski definition) is 1. The summed E-state index contributed by atoms with van der Waals surface area (Å²) in [5.74, 6) is 2.00. The van der Waals surface area contributed by atoms with Crippen LogP contribution in [0.1, 0.15) is 18.4 Å². The van der Waals surface area contributed by atoms with Gasteiger partial charge in [0.15, 0.2) is 0 Å². The zero-order valence-electron chi connectivity index (χ0n) is 10.1. The molecule has 6 heteroatoms. The van der Waals surface area contributed by atoms with Gasteiger partial charge in [0.2, 0.25) is 10.0 Å². The highest BCUT2D eigenvalue weighted by molar-refractivity contribution is 9.10. The Morgan fingerprint density at radius 1 is 1.44 bits per heavy atom. The molecule has 1 aliphatic rings. The molecule has 0 bridgehead atoms. The Morgan fingerprint density at radius 2 is 2.22 bits per heavy atom. The fourth-order valence-corrected chi connectivity index (χ4v) is 5.58. The van der Waals surface area contributed by atoms with Gasteiger partial charge in [0, 0.05) is 16.3 Å². The van der Waals surface area contributed by atoms with E-state index in [1.165, 1.54) is 0 Å². The highest BCUT2D eigenvalue weighted by Crippen LogP contribution is 2.25. The number of thioether (sulfide) groups is 1. The number of rotatable bonds is 3. The van der Waals surface area contributed by atoms with Crippen LogP contribution in [-0.2, 0) is 10.0 Å². The van der Waals surface area contributed by atoms with Crippen molar-refractivity contribution >= 4 is 37.7 Å². The number of aryl methyl sites for hydroxylation is 1. The fourth-order valence-electron chi connectivity index (χ4n) is 1.94. The summed E-state index contributed by atoms with van der Waals surface area (Å²) < 4.78 is 28.0. The maximum absolute atomic E-state index is 12.3. The van der Waals surface area contributed by atoms with Gasteiger partial charge in [-0.1, -0.05) is 6.07 Å². The van der Waals surface area contributed by atoms with Crippen molar-refractivity contribution in [3.8, 4) is 0 Å². The summed E-state index contributed by atoms with van der Waals surface area (Å²) >= 11 is 5.13. The Kier molecular flexibility index (Phi) is 4.75. The van der Waals surface area contributed by atoms with E-state index in [1.807, 2.05) is 19.1 Å². The van der Waals surface area contributed by atoms with Crippen LogP contribution in [0.3, 0.4) is 0 Å². The van der Waals surface area contributed by atoms with E-state index in [4.69, 9.17) is 0 Å². The van der Waals surface area contributed by atoms with Gasteiger partial charge in [-0.2, -0.15) is 11.8 Å². The fraction of sp³-hybridized carbons (Fsp3) is 0.500. The molecule has 1 fully saturated rings. The minimum atomic E-state index is -3.42. The first-order chi connectivity index (χ1) is 8.49. The van der Waals surface area contributed by atoms with E-state index in [-0.39, 0.29) is 6.04 Å². The molecule has 1 aromatic carbocycles. The topological polar surface area (TPSA) is 46.2 Å². The number of sulfonamides is 1. The van der Waals surface area contributed by atoms with E-state index in [2.05, 4.69) is 20.7 Å². The van der Waals surface area contributed by atoms with Gasteiger partial charge in [-0.25, -0.2) is 13.1 Å². The van der Waals surface area contributed by atoms with E-state index >= 15 is 0 Å². The Hall–Kier alpha value is -0.0400. The first kappa shape index (κ1) is 14.4. The van der Waals surface area contributed by atoms with Crippen molar-refractivity contribution in [1.29, 1.82) is 0 Å². The maximum Gasteiger partial charge on any atom is 0.241 e. The molecule has 3 nitrogen and oxygen atoms in total. The van der Waals surface area contributed by atoms with Crippen LogP contribution < -0.4 is 4.72 Å². The summed E-state index contributed by atoms with van der Waals surface area (Å²) in [5, 5.41) is 0. The normalized spacial score (nSPS) is 20.9. The summed E-state index contributed by atoms with van der Waals surface area (Å²) in [5.41, 5.74) is 1.04. The Bertz CT molecular complexity index is 525. The molecule has 0 spiro atoms. The summed E-state index contributed by atoms with van der Waals surface area (Å²) in [6.07, 6.45) is 2.00. The van der Waals surface area contributed by atoms with Crippen LogP contribution in [0, 0.1) is 6.92 Å². The van der Waals surface area contributed by atoms with Gasteiger partial charge in [0.25, 0.3) is 0 Å². The van der Waals surface area contributed by atoms with E-state index in [0.29, 0.717) is 9.37 Å². The third-order valence-corrected chi connectivity index (χ3v) is 6.57. The molecular formula is C12H16BrNO2S2. The molecule has 1 aromatic rings. The molecule has 100 valence electrons. The second-order valence-corrected chi connectivity index (χ2v) is 8.16. The van der Waals surface area contributed by atoms with Crippen molar-refractivity contribution in [3.05, 3.63) is 28.2 Å². The molecule has 1 heterocycles. The first-order valence-corrected chi connectivity index (χ1v) is 9.28. The molecule has 18 heavy (non-hydrogen) atoms. The minimum Gasteiger partial charge on any atom is -0.207 e. The Morgan fingerprint density at radius 3 is 2.83 bits per heavy atom. The van der Waals surface area contributed by atoms with Crippen molar-refractivity contribution in [2.24, 2.45) is 0 Å². The van der Waals surface area contributed by atoms with Crippen molar-refractivity contribution < 1.29 is 8.42 Å². The largest absolute Gasteiger partial charge is 0.241 e. The lowest BCUT2D eigenvalue weighted by atomic mass is 10.2. The Balaban J connectivity index is 2.19. The molecule has 0 aliphatic carbocycles. The molecule has 1 unspecified atom stereocenters. The third kappa shape index (κ3) is 3.50. The van der Waals surface area contributed by atoms with Crippen LogP contribution in [0.5, 0.6) is 0 Å². The monoisotopic (exact) mass is 349 g/mol. The van der Waals surface area contributed by atoms with Crippen LogP contribution in [0.2, 0.25) is 0 Å².